The fourth-order valence-electron chi connectivity index (χ4n) is 12.1. The van der Waals surface area contributed by atoms with Crippen LogP contribution in [0.15, 0.2) is 73.3 Å². The fourth-order valence-corrected chi connectivity index (χ4v) is 12.1. The van der Waals surface area contributed by atoms with E-state index in [0.29, 0.717) is 44.3 Å². The number of likely N-dealkylation sites (tertiary alicyclic amines) is 2. The zero-order valence-corrected chi connectivity index (χ0v) is 41.4. The molecule has 2 N–H and O–H groups in total. The van der Waals surface area contributed by atoms with Crippen LogP contribution in [-0.2, 0) is 54.6 Å². The number of rotatable bonds is 10. The Balaban J connectivity index is 1.10. The molecule has 1 spiro atoms. The molecule has 6 bridgehead atoms. The molecule has 0 radical (unpaired) electrons. The molecular formula is C56H70N6O7. The molecule has 3 aromatic carbocycles. The van der Waals surface area contributed by atoms with Crippen molar-refractivity contribution < 1.29 is 33.8 Å². The number of ketones is 1. The molecule has 4 fully saturated rings. The standard InChI is InChI=1S/C56H70N6O7/c1-8-48(64)60-24-20-40(33-60)52(66)58(7)49(35(3)4)51(65)45-31-56(45)29-37-25-41(27-42(63)26-37)39-18-19-47-43(28-39)44(30-55(5,6)34-69-53(67)46-13-12-23-62(57-46)54(56)68)50(61(47)9-2)38-16-14-36(15-17-38)32-59-21-10-11-22-59/h8,14-19,25-28,35,40,45-46,49,57,63H,1,9-13,20-24,29-34H2,2-7H3/t40-,45?,46-,49-,56-/m0/s1. The zero-order valence-electron chi connectivity index (χ0n) is 41.4. The molecule has 4 aromatic rings. The quantitative estimate of drug-likeness (QED) is 0.122. The number of carbonyl (C=O) groups is 5. The second-order valence-electron chi connectivity index (χ2n) is 21.7. The summed E-state index contributed by atoms with van der Waals surface area (Å²) in [7, 11) is 1.65. The molecule has 1 aromatic heterocycles. The number of aryl methyl sites for hydroxylation is 1. The molecule has 5 aliphatic rings. The Labute approximate surface area is 406 Å². The Morgan fingerprint density at radius 2 is 1.67 bits per heavy atom. The van der Waals surface area contributed by atoms with Crippen LogP contribution in [0.3, 0.4) is 0 Å². The van der Waals surface area contributed by atoms with Crippen LogP contribution < -0.4 is 5.43 Å². The van der Waals surface area contributed by atoms with Crippen molar-refractivity contribution in [3.05, 3.63) is 90.0 Å². The maximum atomic E-state index is 15.2. The number of nitrogens with one attached hydrogen (secondary N) is 1. The van der Waals surface area contributed by atoms with Gasteiger partial charge >= 0.3 is 5.97 Å². The molecule has 3 saturated heterocycles. The number of hydrogen-bond donors (Lipinski definition) is 2. The smallest absolute Gasteiger partial charge is 0.324 e. The summed E-state index contributed by atoms with van der Waals surface area (Å²) in [5.41, 5.74) is 9.74. The second-order valence-corrected chi connectivity index (χ2v) is 21.7. The van der Waals surface area contributed by atoms with Crippen molar-refractivity contribution in [2.75, 3.05) is 46.4 Å². The first-order valence-corrected chi connectivity index (χ1v) is 25.3. The van der Waals surface area contributed by atoms with Gasteiger partial charge in [0.05, 0.1) is 29.7 Å². The number of hydrazine groups is 1. The van der Waals surface area contributed by atoms with Gasteiger partial charge in [-0.05, 0) is 141 Å². The highest BCUT2D eigenvalue weighted by Crippen LogP contribution is 2.58. The van der Waals surface area contributed by atoms with Gasteiger partial charge in [0, 0.05) is 62.0 Å². The predicted octanol–water partition coefficient (Wildman–Crippen LogP) is 7.55. The minimum Gasteiger partial charge on any atom is -0.508 e. The van der Waals surface area contributed by atoms with E-state index in [1.165, 1.54) is 34.4 Å². The third-order valence-corrected chi connectivity index (χ3v) is 15.7. The molecule has 3 amide bonds. The summed E-state index contributed by atoms with van der Waals surface area (Å²) in [6.07, 6.45) is 6.30. The van der Waals surface area contributed by atoms with Gasteiger partial charge in [0.25, 0.3) is 0 Å². The fraction of sp³-hybridized carbons (Fsp3) is 0.518. The summed E-state index contributed by atoms with van der Waals surface area (Å²) in [5.74, 6) is -2.76. The van der Waals surface area contributed by atoms with E-state index in [4.69, 9.17) is 4.74 Å². The zero-order chi connectivity index (χ0) is 48.9. The highest BCUT2D eigenvalue weighted by Gasteiger charge is 2.66. The number of Topliss-reactive ketones (excluding diaryl/α,β-unsaturated/α-hetero) is 1. The second kappa shape index (κ2) is 19.2. The Morgan fingerprint density at radius 3 is 2.38 bits per heavy atom. The molecule has 366 valence electrons. The van der Waals surface area contributed by atoms with Crippen molar-refractivity contribution in [3.8, 4) is 28.1 Å². The number of phenolic OH excluding ortho intramolecular Hbond substituents is 1. The topological polar surface area (TPSA) is 145 Å². The Morgan fingerprint density at radius 1 is 0.928 bits per heavy atom. The number of hydrogen-bond acceptors (Lipinski definition) is 9. The van der Waals surface area contributed by atoms with E-state index in [2.05, 4.69) is 84.7 Å². The molecule has 1 aliphatic carbocycles. The van der Waals surface area contributed by atoms with E-state index in [-0.39, 0.29) is 61.2 Å². The lowest BCUT2D eigenvalue weighted by Crippen LogP contribution is -2.58. The number of aromatic nitrogens is 1. The number of nitrogens with zero attached hydrogens (tertiary/aromatic N) is 5. The largest absolute Gasteiger partial charge is 0.508 e. The van der Waals surface area contributed by atoms with Gasteiger partial charge in [-0.3, -0.25) is 33.9 Å². The van der Waals surface area contributed by atoms with Crippen molar-refractivity contribution in [1.29, 1.82) is 0 Å². The number of esters is 1. The maximum absolute atomic E-state index is 15.2. The average molecular weight is 939 g/mol. The summed E-state index contributed by atoms with van der Waals surface area (Å²) < 4.78 is 8.56. The number of amides is 3. The lowest BCUT2D eigenvalue weighted by molar-refractivity contribution is -0.156. The number of benzene rings is 3. The minimum absolute atomic E-state index is 0.0511. The Kier molecular flexibility index (Phi) is 13.4. The summed E-state index contributed by atoms with van der Waals surface area (Å²) in [6.45, 7) is 19.0. The van der Waals surface area contributed by atoms with Gasteiger partial charge in [-0.25, -0.2) is 5.43 Å². The normalized spacial score (nSPS) is 24.4. The molecule has 13 nitrogen and oxygen atoms in total. The van der Waals surface area contributed by atoms with Gasteiger partial charge < -0.3 is 24.2 Å². The van der Waals surface area contributed by atoms with E-state index in [9.17, 15) is 19.5 Å². The molecule has 5 atom stereocenters. The van der Waals surface area contributed by atoms with Crippen LogP contribution in [0, 0.1) is 28.6 Å². The first-order valence-electron chi connectivity index (χ1n) is 25.3. The first kappa shape index (κ1) is 48.2. The summed E-state index contributed by atoms with van der Waals surface area (Å²) >= 11 is 0. The highest BCUT2D eigenvalue weighted by atomic mass is 16.5. The number of aromatic hydroxyl groups is 1. The van der Waals surface area contributed by atoms with Crippen LogP contribution in [0.25, 0.3) is 33.3 Å². The molecule has 69 heavy (non-hydrogen) atoms. The average Bonchev–Trinajstić information content (AvgIpc) is 3.68. The molecule has 9 rings (SSSR count). The number of carbonyl (C=O) groups excluding carboxylic acids is 5. The summed E-state index contributed by atoms with van der Waals surface area (Å²) in [5, 5.41) is 14.1. The van der Waals surface area contributed by atoms with E-state index in [1.54, 1.807) is 24.1 Å². The monoisotopic (exact) mass is 939 g/mol. The SMILES string of the molecule is C=CC(=O)N1CC[C@H](C(=O)N(C)[C@H](C(=O)C2C[C@@]23Cc2cc(O)cc(c2)-c2ccc4c(c2)c(c(-c2ccc(CN5CCCC5)cc2)n4CC)CC(C)(C)COC(=O)[C@@H]2CCCN(N2)C3=O)C(C)C)C1. The van der Waals surface area contributed by atoms with Crippen molar-refractivity contribution in [2.24, 2.45) is 28.6 Å². The number of fused-ring (bicyclic) bond motifs is 6. The van der Waals surface area contributed by atoms with Gasteiger partial charge in [-0.15, -0.1) is 0 Å². The minimum atomic E-state index is -1.21. The van der Waals surface area contributed by atoms with Crippen LogP contribution in [0.1, 0.15) is 89.8 Å². The molecule has 4 aliphatic heterocycles. The predicted molar refractivity (Wildman–Crippen MR) is 267 cm³/mol. The summed E-state index contributed by atoms with van der Waals surface area (Å²) in [6, 6.07) is 19.3. The van der Waals surface area contributed by atoms with Crippen LogP contribution >= 0.6 is 0 Å². The van der Waals surface area contributed by atoms with Crippen molar-refractivity contribution in [3.63, 3.8) is 0 Å². The number of cyclic esters (lactones) is 1. The Bertz CT molecular complexity index is 2660. The van der Waals surface area contributed by atoms with Gasteiger partial charge in [-0.1, -0.05) is 70.7 Å². The van der Waals surface area contributed by atoms with Crippen LogP contribution in [0.5, 0.6) is 5.75 Å². The van der Waals surface area contributed by atoms with Crippen LogP contribution in [0.2, 0.25) is 0 Å². The van der Waals surface area contributed by atoms with Crippen LogP contribution in [0.4, 0.5) is 0 Å². The number of likely N-dealkylation sites (N-methyl/N-ethyl adjacent to an activating group) is 1. The number of ether oxygens (including phenoxy) is 1. The van der Waals surface area contributed by atoms with Gasteiger partial charge in [-0.2, -0.15) is 0 Å². The van der Waals surface area contributed by atoms with E-state index in [1.807, 2.05) is 19.9 Å². The molecule has 13 heteroatoms. The van der Waals surface area contributed by atoms with E-state index < -0.39 is 40.7 Å². The van der Waals surface area contributed by atoms with Gasteiger partial charge in [0.15, 0.2) is 5.78 Å². The Hall–Kier alpha value is -5.79. The molecule has 5 heterocycles. The van der Waals surface area contributed by atoms with Gasteiger partial charge in [0.1, 0.15) is 11.8 Å². The van der Waals surface area contributed by atoms with E-state index in [0.717, 1.165) is 65.0 Å². The molecular weight excluding hydrogens is 869 g/mol. The molecule has 1 unspecified atom stereocenters. The lowest BCUT2D eigenvalue weighted by atomic mass is 9.84. The van der Waals surface area contributed by atoms with Crippen LogP contribution in [-0.4, -0.2) is 117 Å². The molecule has 1 saturated carbocycles. The maximum Gasteiger partial charge on any atom is 0.324 e. The van der Waals surface area contributed by atoms with Crippen molar-refractivity contribution in [2.45, 2.75) is 111 Å². The van der Waals surface area contributed by atoms with E-state index >= 15 is 9.59 Å². The third-order valence-electron chi connectivity index (χ3n) is 15.7. The third kappa shape index (κ3) is 9.48. The number of phenols is 1. The first-order chi connectivity index (χ1) is 33.0. The highest BCUT2D eigenvalue weighted by molar-refractivity contribution is 6.01. The lowest BCUT2D eigenvalue weighted by Gasteiger charge is -2.36. The summed E-state index contributed by atoms with van der Waals surface area (Å²) in [4.78, 5) is 76.3. The van der Waals surface area contributed by atoms with Gasteiger partial charge in [0.2, 0.25) is 17.7 Å². The van der Waals surface area contributed by atoms with Crippen molar-refractivity contribution in [1.82, 2.24) is 29.7 Å². The van der Waals surface area contributed by atoms with Crippen molar-refractivity contribution >= 4 is 40.4 Å².